The van der Waals surface area contributed by atoms with Gasteiger partial charge in [-0.25, -0.2) is 4.98 Å². The van der Waals surface area contributed by atoms with Crippen LogP contribution < -0.4 is 10.9 Å². The van der Waals surface area contributed by atoms with Crippen LogP contribution in [0.3, 0.4) is 0 Å². The van der Waals surface area contributed by atoms with Crippen molar-refractivity contribution in [1.29, 1.82) is 0 Å². The van der Waals surface area contributed by atoms with Crippen molar-refractivity contribution < 1.29 is 4.79 Å². The number of halogens is 1. The van der Waals surface area contributed by atoms with Gasteiger partial charge in [-0.3, -0.25) is 14.2 Å². The Morgan fingerprint density at radius 3 is 3.04 bits per heavy atom. The van der Waals surface area contributed by atoms with Crippen molar-refractivity contribution >= 4 is 44.7 Å². The van der Waals surface area contributed by atoms with Gasteiger partial charge in [0.25, 0.3) is 5.56 Å². The number of anilines is 1. The summed E-state index contributed by atoms with van der Waals surface area (Å²) in [7, 11) is 0. The van der Waals surface area contributed by atoms with Crippen LogP contribution in [0.25, 0.3) is 10.2 Å². The molecule has 0 aliphatic heterocycles. The zero-order valence-corrected chi connectivity index (χ0v) is 16.8. The van der Waals surface area contributed by atoms with E-state index in [1.165, 1.54) is 15.8 Å². The van der Waals surface area contributed by atoms with Crippen LogP contribution in [0.5, 0.6) is 0 Å². The zero-order chi connectivity index (χ0) is 19.1. The number of aromatic nitrogens is 2. The van der Waals surface area contributed by atoms with E-state index in [1.807, 2.05) is 13.0 Å². The van der Waals surface area contributed by atoms with Gasteiger partial charge in [-0.15, -0.1) is 11.3 Å². The lowest BCUT2D eigenvalue weighted by atomic mass is 9.89. The minimum Gasteiger partial charge on any atom is -0.324 e. The third-order valence-corrected chi connectivity index (χ3v) is 6.62. The minimum atomic E-state index is -0.282. The van der Waals surface area contributed by atoms with Crippen molar-refractivity contribution in [2.45, 2.75) is 39.7 Å². The predicted molar refractivity (Wildman–Crippen MR) is 110 cm³/mol. The molecule has 1 aliphatic rings. The molecule has 1 aliphatic carbocycles. The highest BCUT2D eigenvalue weighted by molar-refractivity contribution is 7.18. The number of benzene rings is 1. The highest BCUT2D eigenvalue weighted by Gasteiger charge is 2.23. The van der Waals surface area contributed by atoms with E-state index in [2.05, 4.69) is 17.2 Å². The molecule has 0 bridgehead atoms. The van der Waals surface area contributed by atoms with E-state index in [4.69, 9.17) is 11.6 Å². The average Bonchev–Trinajstić information content (AvgIpc) is 2.98. The van der Waals surface area contributed by atoms with Crippen molar-refractivity contribution in [2.75, 3.05) is 5.32 Å². The monoisotopic (exact) mass is 401 g/mol. The van der Waals surface area contributed by atoms with Crippen molar-refractivity contribution in [1.82, 2.24) is 9.55 Å². The summed E-state index contributed by atoms with van der Waals surface area (Å²) in [6.45, 7) is 4.06. The Morgan fingerprint density at radius 2 is 2.26 bits per heavy atom. The molecule has 2 aromatic heterocycles. The summed E-state index contributed by atoms with van der Waals surface area (Å²) in [6.07, 6.45) is 4.47. The molecule has 1 aromatic carbocycles. The number of fused-ring (bicyclic) bond motifs is 3. The zero-order valence-electron chi connectivity index (χ0n) is 15.2. The average molecular weight is 402 g/mol. The molecular weight excluding hydrogens is 382 g/mol. The molecule has 3 aromatic rings. The van der Waals surface area contributed by atoms with E-state index in [1.54, 1.807) is 23.5 Å². The van der Waals surface area contributed by atoms with Gasteiger partial charge in [-0.1, -0.05) is 24.6 Å². The van der Waals surface area contributed by atoms with Gasteiger partial charge in [-0.05, 0) is 55.4 Å². The molecule has 0 spiro atoms. The van der Waals surface area contributed by atoms with Crippen LogP contribution in [-0.4, -0.2) is 15.5 Å². The van der Waals surface area contributed by atoms with E-state index >= 15 is 0 Å². The Balaban J connectivity index is 1.60. The van der Waals surface area contributed by atoms with Crippen molar-refractivity contribution in [3.63, 3.8) is 0 Å². The van der Waals surface area contributed by atoms with Gasteiger partial charge < -0.3 is 5.32 Å². The molecule has 7 heteroatoms. The van der Waals surface area contributed by atoms with Gasteiger partial charge in [0.1, 0.15) is 11.4 Å². The quantitative estimate of drug-likeness (QED) is 0.715. The van der Waals surface area contributed by atoms with Gasteiger partial charge >= 0.3 is 0 Å². The number of hydrogen-bond donors (Lipinski definition) is 1. The normalized spacial score (nSPS) is 16.3. The van der Waals surface area contributed by atoms with E-state index in [0.717, 1.165) is 35.2 Å². The van der Waals surface area contributed by atoms with E-state index in [0.29, 0.717) is 22.0 Å². The number of amides is 1. The van der Waals surface area contributed by atoms with Crippen LogP contribution >= 0.6 is 22.9 Å². The van der Waals surface area contributed by atoms with Crippen LogP contribution in [0.4, 0.5) is 5.69 Å². The molecule has 27 heavy (non-hydrogen) atoms. The maximum Gasteiger partial charge on any atom is 0.262 e. The summed E-state index contributed by atoms with van der Waals surface area (Å²) in [6, 6.07) is 5.34. The first kappa shape index (κ1) is 18.2. The lowest BCUT2D eigenvalue weighted by molar-refractivity contribution is -0.116. The Morgan fingerprint density at radius 1 is 1.44 bits per heavy atom. The molecule has 4 rings (SSSR count). The lowest BCUT2D eigenvalue weighted by Gasteiger charge is -2.17. The molecule has 0 saturated carbocycles. The summed E-state index contributed by atoms with van der Waals surface area (Å²) < 4.78 is 1.39. The molecule has 0 radical (unpaired) electrons. The fraction of sp³-hybridized carbons (Fsp3) is 0.350. The number of aryl methyl sites for hydroxylation is 2. The van der Waals surface area contributed by atoms with Crippen molar-refractivity contribution in [2.24, 2.45) is 5.92 Å². The van der Waals surface area contributed by atoms with E-state index in [9.17, 15) is 9.59 Å². The second-order valence-corrected chi connectivity index (χ2v) is 8.71. The fourth-order valence-corrected chi connectivity index (χ4v) is 5.03. The molecule has 1 amide bonds. The van der Waals surface area contributed by atoms with E-state index < -0.39 is 0 Å². The molecule has 140 valence electrons. The predicted octanol–water partition coefficient (Wildman–Crippen LogP) is 4.18. The molecule has 1 atom stereocenters. The molecular formula is C20H20ClN3O2S. The Labute approximate surface area is 166 Å². The number of rotatable bonds is 3. The molecule has 1 unspecified atom stereocenters. The largest absolute Gasteiger partial charge is 0.324 e. The molecule has 0 saturated heterocycles. The second kappa shape index (κ2) is 7.09. The first-order valence-electron chi connectivity index (χ1n) is 8.98. The lowest BCUT2D eigenvalue weighted by Crippen LogP contribution is -2.28. The number of carbonyl (C=O) groups excluding carboxylic acids is 1. The third-order valence-electron chi connectivity index (χ3n) is 5.05. The van der Waals surface area contributed by atoms with Gasteiger partial charge in [-0.2, -0.15) is 0 Å². The minimum absolute atomic E-state index is 0.0751. The Bertz CT molecular complexity index is 1100. The number of nitrogens with zero attached hydrogens (tertiary/aromatic N) is 2. The van der Waals surface area contributed by atoms with Gasteiger partial charge in [0.15, 0.2) is 0 Å². The molecule has 2 heterocycles. The van der Waals surface area contributed by atoms with E-state index in [-0.39, 0.29) is 18.0 Å². The van der Waals surface area contributed by atoms with Gasteiger partial charge in [0.2, 0.25) is 5.91 Å². The first-order valence-corrected chi connectivity index (χ1v) is 10.2. The highest BCUT2D eigenvalue weighted by Crippen LogP contribution is 2.35. The maximum absolute atomic E-state index is 13.0. The topological polar surface area (TPSA) is 64.0 Å². The van der Waals surface area contributed by atoms with Crippen molar-refractivity contribution in [3.05, 3.63) is 55.9 Å². The molecule has 5 nitrogen and oxygen atoms in total. The fourth-order valence-electron chi connectivity index (χ4n) is 3.50. The molecule has 1 N–H and O–H groups in total. The smallest absolute Gasteiger partial charge is 0.262 e. The van der Waals surface area contributed by atoms with Crippen molar-refractivity contribution in [3.8, 4) is 0 Å². The highest BCUT2D eigenvalue weighted by atomic mass is 35.5. The number of nitrogens with one attached hydrogen (secondary N) is 1. The third kappa shape index (κ3) is 3.51. The summed E-state index contributed by atoms with van der Waals surface area (Å²) in [4.78, 5) is 31.8. The second-order valence-electron chi connectivity index (χ2n) is 7.22. The van der Waals surface area contributed by atoms with Crippen LogP contribution in [0.1, 0.15) is 29.3 Å². The Kier molecular flexibility index (Phi) is 4.78. The molecule has 0 fully saturated rings. The van der Waals surface area contributed by atoms with Gasteiger partial charge in [0.05, 0.1) is 11.7 Å². The van der Waals surface area contributed by atoms with Crippen LogP contribution in [0.15, 0.2) is 29.3 Å². The summed E-state index contributed by atoms with van der Waals surface area (Å²) in [5.74, 6) is 0.357. The maximum atomic E-state index is 13.0. The van der Waals surface area contributed by atoms with Crippen LogP contribution in [0, 0.1) is 12.8 Å². The standard InChI is InChI=1S/C20H20ClN3O2S/c1-11-3-6-14-16(7-11)27-19-18(14)20(26)24(10-22-19)9-17(25)23-13-5-4-12(2)15(21)8-13/h4-5,8,10-11H,3,6-7,9H2,1-2H3,(H,23,25). The first-order chi connectivity index (χ1) is 12.9. The SMILES string of the molecule is Cc1ccc(NC(=O)Cn2cnc3sc4c(c3c2=O)CCC(C)C4)cc1Cl. The van der Waals surface area contributed by atoms with Crippen LogP contribution in [-0.2, 0) is 24.2 Å². The summed E-state index contributed by atoms with van der Waals surface area (Å²) in [5, 5.41) is 4.07. The number of thiophene rings is 1. The number of carbonyl (C=O) groups is 1. The Hall–Kier alpha value is -2.18. The summed E-state index contributed by atoms with van der Waals surface area (Å²) in [5.41, 5.74) is 2.55. The van der Waals surface area contributed by atoms with Gasteiger partial charge in [0, 0.05) is 15.6 Å². The summed E-state index contributed by atoms with van der Waals surface area (Å²) >= 11 is 7.71. The number of hydrogen-bond acceptors (Lipinski definition) is 4. The van der Waals surface area contributed by atoms with Crippen LogP contribution in [0.2, 0.25) is 5.02 Å².